The van der Waals surface area contributed by atoms with Crippen LogP contribution in [-0.2, 0) is 14.8 Å². The fraction of sp³-hybridized carbons (Fsp3) is 0.579. The first-order valence-corrected chi connectivity index (χ1v) is 10.8. The van der Waals surface area contributed by atoms with Crippen molar-refractivity contribution in [2.24, 2.45) is 11.3 Å². The minimum Gasteiger partial charge on any atom is -0.481 e. The van der Waals surface area contributed by atoms with Crippen molar-refractivity contribution >= 4 is 21.9 Å². The summed E-state index contributed by atoms with van der Waals surface area (Å²) in [6, 6.07) is 6.07. The molecule has 1 heterocycles. The van der Waals surface area contributed by atoms with Crippen molar-refractivity contribution < 1.29 is 23.1 Å². The van der Waals surface area contributed by atoms with Crippen molar-refractivity contribution in [1.82, 2.24) is 9.21 Å². The van der Waals surface area contributed by atoms with Gasteiger partial charge in [0.05, 0.1) is 10.8 Å². The van der Waals surface area contributed by atoms with Gasteiger partial charge in [-0.1, -0.05) is 13.8 Å². The van der Waals surface area contributed by atoms with Crippen molar-refractivity contribution in [2.75, 3.05) is 26.2 Å². The Morgan fingerprint density at radius 2 is 1.70 bits per heavy atom. The molecule has 1 aromatic carbocycles. The van der Waals surface area contributed by atoms with Crippen LogP contribution in [0.4, 0.5) is 0 Å². The first-order valence-electron chi connectivity index (χ1n) is 9.37. The fourth-order valence-electron chi connectivity index (χ4n) is 4.07. The van der Waals surface area contributed by atoms with Gasteiger partial charge in [-0.05, 0) is 48.9 Å². The third-order valence-corrected chi connectivity index (χ3v) is 8.04. The van der Waals surface area contributed by atoms with Gasteiger partial charge in [-0.2, -0.15) is 4.31 Å². The van der Waals surface area contributed by atoms with E-state index in [1.54, 1.807) is 30.9 Å². The lowest BCUT2D eigenvalue weighted by Gasteiger charge is -2.32. The number of sulfonamides is 1. The molecule has 1 saturated heterocycles. The van der Waals surface area contributed by atoms with Crippen molar-refractivity contribution in [3.05, 3.63) is 29.8 Å². The van der Waals surface area contributed by atoms with Crippen LogP contribution in [0.15, 0.2) is 29.2 Å². The lowest BCUT2D eigenvalue weighted by Crippen LogP contribution is -2.40. The number of carbonyl (C=O) groups is 2. The van der Waals surface area contributed by atoms with Crippen LogP contribution in [-0.4, -0.2) is 60.8 Å². The van der Waals surface area contributed by atoms with Crippen LogP contribution in [0, 0.1) is 11.3 Å². The van der Waals surface area contributed by atoms with E-state index in [0.717, 1.165) is 0 Å². The molecule has 148 valence electrons. The van der Waals surface area contributed by atoms with E-state index in [-0.39, 0.29) is 22.1 Å². The van der Waals surface area contributed by atoms with Gasteiger partial charge in [0, 0.05) is 31.7 Å². The monoisotopic (exact) mass is 394 g/mol. The van der Waals surface area contributed by atoms with Crippen molar-refractivity contribution in [3.8, 4) is 0 Å². The summed E-state index contributed by atoms with van der Waals surface area (Å²) in [7, 11) is -3.54. The van der Waals surface area contributed by atoms with Crippen LogP contribution in [0.3, 0.4) is 0 Å². The molecule has 8 heteroatoms. The average Bonchev–Trinajstić information content (AvgIpc) is 3.36. The van der Waals surface area contributed by atoms with Crippen molar-refractivity contribution in [1.29, 1.82) is 0 Å². The van der Waals surface area contributed by atoms with Crippen LogP contribution < -0.4 is 0 Å². The Morgan fingerprint density at radius 1 is 1.15 bits per heavy atom. The molecular formula is C19H26N2O5S. The number of carboxylic acids is 1. The van der Waals surface area contributed by atoms with E-state index in [1.165, 1.54) is 16.4 Å². The first kappa shape index (κ1) is 19.8. The molecule has 2 aliphatic rings. The number of carbonyl (C=O) groups excluding carboxylic acids is 1. The van der Waals surface area contributed by atoms with Crippen LogP contribution in [0.5, 0.6) is 0 Å². The molecule has 1 aliphatic carbocycles. The second kappa shape index (κ2) is 7.24. The Morgan fingerprint density at radius 3 is 2.15 bits per heavy atom. The minimum atomic E-state index is -3.54. The summed E-state index contributed by atoms with van der Waals surface area (Å²) in [5, 5.41) is 9.16. The molecule has 0 aromatic heterocycles. The Hall–Kier alpha value is -1.93. The van der Waals surface area contributed by atoms with E-state index in [4.69, 9.17) is 5.11 Å². The third-order valence-electron chi connectivity index (χ3n) is 5.98. The Bertz CT molecular complexity index is 822. The standard InChI is InChI=1S/C19H26N2O5S/c1-3-21(4-2)27(25,26)15-7-5-14(6-8-15)17(22)20-11-9-19(10-12-20)13-16(19)18(23)24/h5-8,16H,3-4,9-13H2,1-2H3,(H,23,24). The number of likely N-dealkylation sites (tertiary alicyclic amines) is 1. The Labute approximate surface area is 160 Å². The lowest BCUT2D eigenvalue weighted by molar-refractivity contribution is -0.139. The van der Waals surface area contributed by atoms with E-state index in [9.17, 15) is 18.0 Å². The zero-order chi connectivity index (χ0) is 19.8. The van der Waals surface area contributed by atoms with Crippen LogP contribution in [0.25, 0.3) is 0 Å². The van der Waals surface area contributed by atoms with Gasteiger partial charge >= 0.3 is 5.97 Å². The third kappa shape index (κ3) is 3.60. The summed E-state index contributed by atoms with van der Waals surface area (Å²) in [5.74, 6) is -1.14. The highest BCUT2D eigenvalue weighted by atomic mass is 32.2. The lowest BCUT2D eigenvalue weighted by atomic mass is 9.90. The Kier molecular flexibility index (Phi) is 5.31. The molecule has 1 aliphatic heterocycles. The fourth-order valence-corrected chi connectivity index (χ4v) is 5.53. The molecular weight excluding hydrogens is 368 g/mol. The molecule has 1 atom stereocenters. The van der Waals surface area contributed by atoms with Gasteiger partial charge in [-0.3, -0.25) is 9.59 Å². The number of piperidine rings is 1. The predicted molar refractivity (Wildman–Crippen MR) is 99.9 cm³/mol. The molecule has 0 bridgehead atoms. The maximum absolute atomic E-state index is 12.7. The van der Waals surface area contributed by atoms with Crippen molar-refractivity contribution in [2.45, 2.75) is 38.0 Å². The zero-order valence-corrected chi connectivity index (χ0v) is 16.5. The molecule has 1 unspecified atom stereocenters. The summed E-state index contributed by atoms with van der Waals surface area (Å²) in [6.45, 7) is 5.46. The molecule has 1 aromatic rings. The number of rotatable bonds is 6. The smallest absolute Gasteiger partial charge is 0.307 e. The van der Waals surface area contributed by atoms with Gasteiger partial charge in [0.25, 0.3) is 5.91 Å². The van der Waals surface area contributed by atoms with Gasteiger partial charge in [-0.15, -0.1) is 0 Å². The summed E-state index contributed by atoms with van der Waals surface area (Å²) < 4.78 is 26.4. The SMILES string of the molecule is CCN(CC)S(=O)(=O)c1ccc(C(=O)N2CCC3(CC2)CC3C(=O)O)cc1. The molecule has 1 amide bonds. The molecule has 1 N–H and O–H groups in total. The van der Waals surface area contributed by atoms with E-state index in [0.29, 0.717) is 51.0 Å². The van der Waals surface area contributed by atoms with E-state index in [1.807, 2.05) is 0 Å². The zero-order valence-electron chi connectivity index (χ0n) is 15.7. The van der Waals surface area contributed by atoms with Gasteiger partial charge in [0.15, 0.2) is 0 Å². The quantitative estimate of drug-likeness (QED) is 0.797. The number of hydrogen-bond acceptors (Lipinski definition) is 4. The molecule has 3 rings (SSSR count). The van der Waals surface area contributed by atoms with Gasteiger partial charge in [-0.25, -0.2) is 8.42 Å². The molecule has 0 radical (unpaired) electrons. The summed E-state index contributed by atoms with van der Waals surface area (Å²) in [5.41, 5.74) is 0.333. The maximum Gasteiger partial charge on any atom is 0.307 e. The van der Waals surface area contributed by atoms with Gasteiger partial charge in [0.2, 0.25) is 10.0 Å². The highest BCUT2D eigenvalue weighted by Crippen LogP contribution is 2.59. The number of amides is 1. The number of nitrogens with zero attached hydrogens (tertiary/aromatic N) is 2. The number of hydrogen-bond donors (Lipinski definition) is 1. The number of aliphatic carboxylic acids is 1. The van der Waals surface area contributed by atoms with E-state index < -0.39 is 16.0 Å². The number of carboxylic acid groups (broad SMARTS) is 1. The van der Waals surface area contributed by atoms with Gasteiger partial charge < -0.3 is 10.0 Å². The molecule has 1 saturated carbocycles. The predicted octanol–water partition coefficient (Wildman–Crippen LogP) is 2.04. The van der Waals surface area contributed by atoms with Crippen LogP contribution in [0.1, 0.15) is 43.5 Å². The molecule has 7 nitrogen and oxygen atoms in total. The second-order valence-corrected chi connectivity index (χ2v) is 9.30. The highest BCUT2D eigenvalue weighted by Gasteiger charge is 2.59. The number of benzene rings is 1. The minimum absolute atomic E-state index is 0.121. The van der Waals surface area contributed by atoms with E-state index in [2.05, 4.69) is 0 Å². The van der Waals surface area contributed by atoms with Gasteiger partial charge in [0.1, 0.15) is 0 Å². The Balaban J connectivity index is 1.66. The topological polar surface area (TPSA) is 95.0 Å². The van der Waals surface area contributed by atoms with Crippen LogP contribution in [0.2, 0.25) is 0 Å². The molecule has 1 spiro atoms. The average molecular weight is 394 g/mol. The first-order chi connectivity index (χ1) is 12.7. The normalized spacial score (nSPS) is 21.4. The molecule has 27 heavy (non-hydrogen) atoms. The van der Waals surface area contributed by atoms with E-state index >= 15 is 0 Å². The summed E-state index contributed by atoms with van der Waals surface area (Å²) in [4.78, 5) is 25.8. The highest BCUT2D eigenvalue weighted by molar-refractivity contribution is 7.89. The van der Waals surface area contributed by atoms with Crippen molar-refractivity contribution in [3.63, 3.8) is 0 Å². The molecule has 2 fully saturated rings. The maximum atomic E-state index is 12.7. The summed E-state index contributed by atoms with van der Waals surface area (Å²) >= 11 is 0. The summed E-state index contributed by atoms with van der Waals surface area (Å²) in [6.07, 6.45) is 2.14. The largest absolute Gasteiger partial charge is 0.481 e. The van der Waals surface area contributed by atoms with Crippen LogP contribution >= 0.6 is 0 Å². The second-order valence-electron chi connectivity index (χ2n) is 7.36.